The molecule has 172 valence electrons. The van der Waals surface area contributed by atoms with Crippen LogP contribution in [0.25, 0.3) is 22.1 Å². The van der Waals surface area contributed by atoms with Gasteiger partial charge in [-0.05, 0) is 43.8 Å². The van der Waals surface area contributed by atoms with Crippen LogP contribution in [0, 0.1) is 12.7 Å². The maximum Gasteiger partial charge on any atom is 0.200 e. The van der Waals surface area contributed by atoms with Crippen molar-refractivity contribution in [2.45, 2.75) is 13.0 Å². The number of aliphatic hydroxyl groups is 1. The largest absolute Gasteiger partial charge is 0.491 e. The number of hydrogen-bond acceptors (Lipinski definition) is 6. The van der Waals surface area contributed by atoms with E-state index in [9.17, 15) is 14.3 Å². The Morgan fingerprint density at radius 1 is 1.12 bits per heavy atom. The van der Waals surface area contributed by atoms with Crippen molar-refractivity contribution in [1.82, 2.24) is 9.80 Å². The fourth-order valence-corrected chi connectivity index (χ4v) is 3.90. The van der Waals surface area contributed by atoms with Crippen LogP contribution in [-0.2, 0) is 0 Å². The van der Waals surface area contributed by atoms with E-state index >= 15 is 0 Å². The first-order chi connectivity index (χ1) is 14.9. The molecule has 1 aliphatic heterocycles. The number of piperazine rings is 1. The lowest BCUT2D eigenvalue weighted by Gasteiger charge is -2.33. The third-order valence-electron chi connectivity index (χ3n) is 5.68. The highest BCUT2D eigenvalue weighted by Crippen LogP contribution is 2.26. The molecule has 0 aliphatic carbocycles. The molecule has 32 heavy (non-hydrogen) atoms. The highest BCUT2D eigenvalue weighted by Gasteiger charge is 2.18. The molecule has 1 unspecified atom stereocenters. The second kappa shape index (κ2) is 10.4. The third kappa shape index (κ3) is 5.48. The van der Waals surface area contributed by atoms with Crippen molar-refractivity contribution < 1.29 is 18.7 Å². The molecule has 8 heteroatoms. The summed E-state index contributed by atoms with van der Waals surface area (Å²) >= 11 is 0. The summed E-state index contributed by atoms with van der Waals surface area (Å²) in [5.74, 6) is 0.626. The van der Waals surface area contributed by atoms with Crippen LogP contribution in [0.4, 0.5) is 4.39 Å². The van der Waals surface area contributed by atoms with Gasteiger partial charge in [-0.1, -0.05) is 12.1 Å². The average molecular weight is 463 g/mol. The Labute approximate surface area is 192 Å². The van der Waals surface area contributed by atoms with Gasteiger partial charge in [0.05, 0.1) is 10.9 Å². The van der Waals surface area contributed by atoms with E-state index in [2.05, 4.69) is 16.8 Å². The Morgan fingerprint density at radius 3 is 2.50 bits per heavy atom. The molecule has 6 nitrogen and oxygen atoms in total. The Hall–Kier alpha value is -2.45. The van der Waals surface area contributed by atoms with Crippen LogP contribution < -0.4 is 10.2 Å². The molecule has 0 saturated carbocycles. The van der Waals surface area contributed by atoms with E-state index in [1.165, 1.54) is 12.1 Å². The standard InChI is InChI=1S/C24H27FN2O4.ClH/c1-16-23(17-3-5-18(25)6-4-17)24(29)21-8-7-20(13-22(21)31-16)30-15-19(28)14-27-11-9-26(2)10-12-27;/h3-8,13,19,28H,9-12,14-15H2,1-2H3;1H. The Balaban J connectivity index is 0.00000289. The third-order valence-corrected chi connectivity index (χ3v) is 5.68. The van der Waals surface area contributed by atoms with Gasteiger partial charge < -0.3 is 19.2 Å². The molecule has 1 aromatic heterocycles. The van der Waals surface area contributed by atoms with Crippen molar-refractivity contribution in [3.63, 3.8) is 0 Å². The lowest BCUT2D eigenvalue weighted by molar-refractivity contribution is 0.0505. The van der Waals surface area contributed by atoms with Gasteiger partial charge in [-0.25, -0.2) is 4.39 Å². The van der Waals surface area contributed by atoms with Crippen LogP contribution in [-0.4, -0.2) is 67.4 Å². The van der Waals surface area contributed by atoms with E-state index in [4.69, 9.17) is 9.15 Å². The van der Waals surface area contributed by atoms with Gasteiger partial charge in [-0.15, -0.1) is 12.4 Å². The summed E-state index contributed by atoms with van der Waals surface area (Å²) in [6.07, 6.45) is -0.603. The quantitative estimate of drug-likeness (QED) is 0.606. The van der Waals surface area contributed by atoms with Crippen LogP contribution in [0.3, 0.4) is 0 Å². The number of rotatable bonds is 6. The molecule has 0 spiro atoms. The van der Waals surface area contributed by atoms with Crippen molar-refractivity contribution >= 4 is 23.4 Å². The summed E-state index contributed by atoms with van der Waals surface area (Å²) in [6, 6.07) is 10.8. The topological polar surface area (TPSA) is 66.2 Å². The molecule has 0 bridgehead atoms. The first-order valence-electron chi connectivity index (χ1n) is 10.5. The number of ether oxygens (including phenoxy) is 1. The first kappa shape index (κ1) is 24.2. The van der Waals surface area contributed by atoms with Gasteiger partial charge in [0.1, 0.15) is 35.6 Å². The minimum atomic E-state index is -0.603. The molecular formula is C24H28ClFN2O4. The van der Waals surface area contributed by atoms with E-state index in [-0.39, 0.29) is 30.3 Å². The monoisotopic (exact) mass is 462 g/mol. The molecule has 1 N–H and O–H groups in total. The summed E-state index contributed by atoms with van der Waals surface area (Å²) in [6.45, 7) is 6.31. The predicted molar refractivity (Wildman–Crippen MR) is 125 cm³/mol. The number of likely N-dealkylation sites (N-methyl/N-ethyl adjacent to an activating group) is 1. The molecule has 1 atom stereocenters. The van der Waals surface area contributed by atoms with Gasteiger partial charge in [0.2, 0.25) is 5.43 Å². The normalized spacial score (nSPS) is 16.0. The number of benzene rings is 2. The smallest absolute Gasteiger partial charge is 0.200 e. The first-order valence-corrected chi connectivity index (χ1v) is 10.5. The van der Waals surface area contributed by atoms with E-state index in [1.807, 2.05) is 0 Å². The maximum absolute atomic E-state index is 13.2. The molecule has 2 aromatic carbocycles. The zero-order valence-corrected chi connectivity index (χ0v) is 19.0. The Bertz CT molecular complexity index is 1110. The lowest BCUT2D eigenvalue weighted by Crippen LogP contribution is -2.47. The molecule has 0 radical (unpaired) electrons. The molecule has 4 rings (SSSR count). The summed E-state index contributed by atoms with van der Waals surface area (Å²) in [5, 5.41) is 10.8. The van der Waals surface area contributed by atoms with Gasteiger partial charge in [0, 0.05) is 38.8 Å². The summed E-state index contributed by atoms with van der Waals surface area (Å²) in [5.41, 5.74) is 1.28. The van der Waals surface area contributed by atoms with Crippen LogP contribution >= 0.6 is 12.4 Å². The number of hydrogen-bond donors (Lipinski definition) is 1. The Kier molecular flexibility index (Phi) is 7.90. The summed E-state index contributed by atoms with van der Waals surface area (Å²) in [4.78, 5) is 17.5. The van der Waals surface area contributed by atoms with Crippen LogP contribution in [0.2, 0.25) is 0 Å². The molecule has 1 aliphatic rings. The van der Waals surface area contributed by atoms with E-state index in [0.717, 1.165) is 26.2 Å². The predicted octanol–water partition coefficient (Wildman–Crippen LogP) is 3.32. The maximum atomic E-state index is 13.2. The van der Waals surface area contributed by atoms with Crippen LogP contribution in [0.15, 0.2) is 51.7 Å². The number of nitrogens with zero attached hydrogens (tertiary/aromatic N) is 2. The molecular weight excluding hydrogens is 435 g/mol. The zero-order chi connectivity index (χ0) is 22.0. The summed E-state index contributed by atoms with van der Waals surface area (Å²) in [7, 11) is 2.10. The highest BCUT2D eigenvalue weighted by atomic mass is 35.5. The highest BCUT2D eigenvalue weighted by molar-refractivity contribution is 5.85. The zero-order valence-electron chi connectivity index (χ0n) is 18.2. The van der Waals surface area contributed by atoms with Gasteiger partial charge in [-0.2, -0.15) is 0 Å². The number of aliphatic hydroxyl groups excluding tert-OH is 1. The fourth-order valence-electron chi connectivity index (χ4n) is 3.90. The van der Waals surface area contributed by atoms with Crippen LogP contribution in [0.1, 0.15) is 5.76 Å². The SMILES string of the molecule is Cc1oc2cc(OCC(O)CN3CCN(C)CC3)ccc2c(=O)c1-c1ccc(F)cc1.Cl. The van der Waals surface area contributed by atoms with Crippen molar-refractivity contribution in [1.29, 1.82) is 0 Å². The van der Waals surface area contributed by atoms with Gasteiger partial charge in [-0.3, -0.25) is 9.69 Å². The van der Waals surface area contributed by atoms with E-state index < -0.39 is 6.10 Å². The van der Waals surface area contributed by atoms with Gasteiger partial charge >= 0.3 is 0 Å². The van der Waals surface area contributed by atoms with E-state index in [1.54, 1.807) is 37.3 Å². The number of halogens is 2. The molecule has 0 amide bonds. The number of fused-ring (bicyclic) bond motifs is 1. The van der Waals surface area contributed by atoms with Crippen molar-refractivity contribution in [3.05, 3.63) is 64.3 Å². The number of β-amino-alcohol motifs (C(OH)–C–C–N with tert-alkyl or cyclic N) is 1. The fraction of sp³-hybridized carbons (Fsp3) is 0.375. The van der Waals surface area contributed by atoms with Crippen molar-refractivity contribution in [3.8, 4) is 16.9 Å². The average Bonchev–Trinajstić information content (AvgIpc) is 2.75. The van der Waals surface area contributed by atoms with Gasteiger partial charge in [0.15, 0.2) is 0 Å². The van der Waals surface area contributed by atoms with Gasteiger partial charge in [0.25, 0.3) is 0 Å². The molecule has 1 fully saturated rings. The second-order valence-electron chi connectivity index (χ2n) is 8.10. The molecule has 3 aromatic rings. The molecule has 2 heterocycles. The lowest BCUT2D eigenvalue weighted by atomic mass is 10.0. The van der Waals surface area contributed by atoms with Crippen molar-refractivity contribution in [2.24, 2.45) is 0 Å². The van der Waals surface area contributed by atoms with Crippen LogP contribution in [0.5, 0.6) is 5.75 Å². The van der Waals surface area contributed by atoms with E-state index in [0.29, 0.717) is 40.2 Å². The Morgan fingerprint density at radius 2 is 1.81 bits per heavy atom. The van der Waals surface area contributed by atoms with Crippen molar-refractivity contribution in [2.75, 3.05) is 46.4 Å². The minimum absolute atomic E-state index is 0. The minimum Gasteiger partial charge on any atom is -0.491 e. The molecule has 1 saturated heterocycles. The summed E-state index contributed by atoms with van der Waals surface area (Å²) < 4.78 is 24.9. The second-order valence-corrected chi connectivity index (χ2v) is 8.10. The number of aryl methyl sites for hydroxylation is 1.